The average molecular weight is 312 g/mol. The molecule has 0 aliphatic carbocycles. The van der Waals surface area contributed by atoms with Gasteiger partial charge in [0.25, 0.3) is 0 Å². The standard InChI is InChI=1S/C15H24ClN3.C2H6/c16-15(14-7-6-8-17-13-14)18-9-2-5-12-19-10-3-1-4-11-19;1-2/h7,13H,1-6,8-12H2;1-2H3. The fraction of sp³-hybridized carbons (Fsp3) is 0.765. The molecule has 0 saturated carbocycles. The lowest BCUT2D eigenvalue weighted by Gasteiger charge is -2.26. The first kappa shape index (κ1) is 18.4. The fourth-order valence-corrected chi connectivity index (χ4v) is 2.76. The summed E-state index contributed by atoms with van der Waals surface area (Å²) in [5, 5.41) is 0.626. The van der Waals surface area contributed by atoms with E-state index in [1.54, 1.807) is 0 Å². The summed E-state index contributed by atoms with van der Waals surface area (Å²) < 4.78 is 0. The van der Waals surface area contributed by atoms with Crippen LogP contribution in [-0.2, 0) is 0 Å². The van der Waals surface area contributed by atoms with Gasteiger partial charge in [0.2, 0.25) is 0 Å². The Bertz CT molecular complexity index is 355. The molecule has 3 nitrogen and oxygen atoms in total. The molecule has 120 valence electrons. The number of hydrogen-bond donors (Lipinski definition) is 0. The fourth-order valence-electron chi connectivity index (χ4n) is 2.55. The largest absolute Gasteiger partial charge is 0.303 e. The van der Waals surface area contributed by atoms with E-state index in [2.05, 4.69) is 21.0 Å². The summed E-state index contributed by atoms with van der Waals surface area (Å²) in [6, 6.07) is 0. The molecule has 0 N–H and O–H groups in total. The highest BCUT2D eigenvalue weighted by Gasteiger charge is 2.08. The van der Waals surface area contributed by atoms with Gasteiger partial charge in [-0.3, -0.25) is 9.98 Å². The SMILES string of the molecule is CC.ClC(=NCCCCN1CCCCC1)C1=CCCN=C1. The van der Waals surface area contributed by atoms with Gasteiger partial charge in [-0.25, -0.2) is 0 Å². The minimum atomic E-state index is 0.626. The third kappa shape index (κ3) is 7.77. The van der Waals surface area contributed by atoms with Crippen molar-refractivity contribution < 1.29 is 0 Å². The summed E-state index contributed by atoms with van der Waals surface area (Å²) in [5.74, 6) is 0. The second-order valence-electron chi connectivity index (χ2n) is 5.27. The van der Waals surface area contributed by atoms with Crippen molar-refractivity contribution in [3.63, 3.8) is 0 Å². The molecule has 2 aliphatic rings. The lowest BCUT2D eigenvalue weighted by Crippen LogP contribution is -2.30. The Morgan fingerprint density at radius 2 is 2.00 bits per heavy atom. The van der Waals surface area contributed by atoms with Crippen molar-refractivity contribution in [2.75, 3.05) is 32.7 Å². The number of hydrogen-bond acceptors (Lipinski definition) is 3. The van der Waals surface area contributed by atoms with Crippen LogP contribution in [0.1, 0.15) is 52.4 Å². The van der Waals surface area contributed by atoms with Crippen LogP contribution < -0.4 is 0 Å². The van der Waals surface area contributed by atoms with Gasteiger partial charge >= 0.3 is 0 Å². The second-order valence-corrected chi connectivity index (χ2v) is 5.62. The van der Waals surface area contributed by atoms with Crippen molar-refractivity contribution >= 4 is 23.0 Å². The van der Waals surface area contributed by atoms with Gasteiger partial charge in [-0.15, -0.1) is 0 Å². The summed E-state index contributed by atoms with van der Waals surface area (Å²) in [6.07, 6.45) is 11.4. The van der Waals surface area contributed by atoms with E-state index >= 15 is 0 Å². The van der Waals surface area contributed by atoms with Gasteiger partial charge in [-0.1, -0.05) is 37.9 Å². The highest BCUT2D eigenvalue weighted by molar-refractivity contribution is 6.71. The smallest absolute Gasteiger partial charge is 0.132 e. The maximum absolute atomic E-state index is 6.17. The molecule has 2 aliphatic heterocycles. The predicted molar refractivity (Wildman–Crippen MR) is 95.1 cm³/mol. The second kappa shape index (κ2) is 11.9. The summed E-state index contributed by atoms with van der Waals surface area (Å²) in [7, 11) is 0. The number of nitrogens with zero attached hydrogens (tertiary/aromatic N) is 3. The molecule has 1 saturated heterocycles. The summed E-state index contributed by atoms with van der Waals surface area (Å²) in [6.45, 7) is 9.50. The van der Waals surface area contributed by atoms with E-state index in [1.807, 2.05) is 20.1 Å². The van der Waals surface area contributed by atoms with E-state index < -0.39 is 0 Å². The number of dihydropyridines is 1. The van der Waals surface area contributed by atoms with E-state index in [4.69, 9.17) is 11.6 Å². The zero-order chi connectivity index (χ0) is 15.3. The molecular weight excluding hydrogens is 282 g/mol. The molecule has 0 aromatic heterocycles. The van der Waals surface area contributed by atoms with Crippen molar-refractivity contribution in [3.8, 4) is 0 Å². The van der Waals surface area contributed by atoms with Gasteiger partial charge in [-0.2, -0.15) is 0 Å². The Balaban J connectivity index is 0.00000106. The number of rotatable bonds is 6. The molecule has 0 bridgehead atoms. The molecular formula is C17H30ClN3. The minimum absolute atomic E-state index is 0.626. The van der Waals surface area contributed by atoms with Gasteiger partial charge in [0, 0.05) is 24.9 Å². The first-order chi connectivity index (χ1) is 10.4. The lowest BCUT2D eigenvalue weighted by molar-refractivity contribution is 0.225. The normalized spacial score (nSPS) is 19.8. The predicted octanol–water partition coefficient (Wildman–Crippen LogP) is 4.32. The highest BCUT2D eigenvalue weighted by atomic mass is 35.5. The van der Waals surface area contributed by atoms with Crippen LogP contribution in [0, 0.1) is 0 Å². The van der Waals surface area contributed by atoms with Crippen LogP contribution >= 0.6 is 11.6 Å². The Hall–Kier alpha value is -0.670. The number of halogens is 1. The Kier molecular flexibility index (Phi) is 10.4. The molecule has 0 amide bonds. The number of likely N-dealkylation sites (tertiary alicyclic amines) is 1. The van der Waals surface area contributed by atoms with E-state index in [0.717, 1.165) is 31.5 Å². The van der Waals surface area contributed by atoms with Crippen molar-refractivity contribution in [3.05, 3.63) is 11.6 Å². The van der Waals surface area contributed by atoms with Gasteiger partial charge in [-0.05, 0) is 51.7 Å². The van der Waals surface area contributed by atoms with Gasteiger partial charge in [0.1, 0.15) is 5.17 Å². The molecule has 0 spiro atoms. The Morgan fingerprint density at radius 1 is 1.24 bits per heavy atom. The molecule has 4 heteroatoms. The van der Waals surface area contributed by atoms with Crippen LogP contribution in [0.5, 0.6) is 0 Å². The van der Waals surface area contributed by atoms with Gasteiger partial charge in [0.15, 0.2) is 0 Å². The minimum Gasteiger partial charge on any atom is -0.303 e. The highest BCUT2D eigenvalue weighted by Crippen LogP contribution is 2.10. The average Bonchev–Trinajstić information content (AvgIpc) is 2.58. The van der Waals surface area contributed by atoms with Crippen molar-refractivity contribution in [1.82, 2.24) is 4.90 Å². The van der Waals surface area contributed by atoms with E-state index in [9.17, 15) is 0 Å². The Morgan fingerprint density at radius 3 is 2.67 bits per heavy atom. The molecule has 1 fully saturated rings. The zero-order valence-corrected chi connectivity index (χ0v) is 14.4. The first-order valence-electron chi connectivity index (χ1n) is 8.49. The van der Waals surface area contributed by atoms with Crippen LogP contribution in [0.2, 0.25) is 0 Å². The van der Waals surface area contributed by atoms with Gasteiger partial charge in [0.05, 0.1) is 0 Å². The van der Waals surface area contributed by atoms with Crippen LogP contribution in [0.15, 0.2) is 21.6 Å². The maximum atomic E-state index is 6.17. The molecule has 21 heavy (non-hydrogen) atoms. The third-order valence-corrected chi connectivity index (χ3v) is 4.01. The quantitative estimate of drug-likeness (QED) is 0.530. The van der Waals surface area contributed by atoms with E-state index in [0.29, 0.717) is 5.17 Å². The summed E-state index contributed by atoms with van der Waals surface area (Å²) in [4.78, 5) is 11.2. The molecule has 0 aromatic carbocycles. The topological polar surface area (TPSA) is 28.0 Å². The van der Waals surface area contributed by atoms with E-state index in [-0.39, 0.29) is 0 Å². The van der Waals surface area contributed by atoms with Crippen molar-refractivity contribution in [2.24, 2.45) is 9.98 Å². The maximum Gasteiger partial charge on any atom is 0.132 e. The van der Waals surface area contributed by atoms with Crippen LogP contribution in [0.25, 0.3) is 0 Å². The van der Waals surface area contributed by atoms with Crippen molar-refractivity contribution in [1.29, 1.82) is 0 Å². The number of allylic oxidation sites excluding steroid dienone is 1. The van der Waals surface area contributed by atoms with Crippen LogP contribution in [-0.4, -0.2) is 49.0 Å². The monoisotopic (exact) mass is 311 g/mol. The lowest BCUT2D eigenvalue weighted by atomic mass is 10.1. The molecule has 0 unspecified atom stereocenters. The van der Waals surface area contributed by atoms with Crippen molar-refractivity contribution in [2.45, 2.75) is 52.4 Å². The Labute approximate surface area is 135 Å². The number of aliphatic imine (C=N–C) groups is 2. The molecule has 2 heterocycles. The van der Waals surface area contributed by atoms with Crippen LogP contribution in [0.4, 0.5) is 0 Å². The zero-order valence-electron chi connectivity index (χ0n) is 13.7. The van der Waals surface area contributed by atoms with Crippen LogP contribution in [0.3, 0.4) is 0 Å². The first-order valence-corrected chi connectivity index (χ1v) is 8.87. The molecule has 0 radical (unpaired) electrons. The van der Waals surface area contributed by atoms with Gasteiger partial charge < -0.3 is 4.90 Å². The summed E-state index contributed by atoms with van der Waals surface area (Å²) in [5.41, 5.74) is 0.990. The summed E-state index contributed by atoms with van der Waals surface area (Å²) >= 11 is 6.17. The molecule has 0 aromatic rings. The molecule has 0 atom stereocenters. The third-order valence-electron chi connectivity index (χ3n) is 3.67. The molecule has 2 rings (SSSR count). The number of unbranched alkanes of at least 4 members (excludes halogenated alkanes) is 1. The number of piperidine rings is 1. The van der Waals surface area contributed by atoms with E-state index in [1.165, 1.54) is 45.3 Å².